The highest BCUT2D eigenvalue weighted by Gasteiger charge is 2.11. The second-order valence-electron chi connectivity index (χ2n) is 3.38. The van der Waals surface area contributed by atoms with Crippen molar-refractivity contribution in [1.29, 1.82) is 5.26 Å². The summed E-state index contributed by atoms with van der Waals surface area (Å²) in [5.41, 5.74) is 2.25. The number of nitrogens with zero attached hydrogens (tertiary/aromatic N) is 2. The van der Waals surface area contributed by atoms with Gasteiger partial charge in [-0.3, -0.25) is 0 Å². The lowest BCUT2D eigenvalue weighted by atomic mass is 10.1. The van der Waals surface area contributed by atoms with Crippen LogP contribution in [0.5, 0.6) is 0 Å². The summed E-state index contributed by atoms with van der Waals surface area (Å²) < 4.78 is 0. The van der Waals surface area contributed by atoms with Crippen molar-refractivity contribution in [2.45, 2.75) is 13.3 Å². The van der Waals surface area contributed by atoms with E-state index in [1.54, 1.807) is 0 Å². The normalized spacial score (nSPS) is 10.1. The van der Waals surface area contributed by atoms with E-state index in [1.807, 2.05) is 31.2 Å². The van der Waals surface area contributed by atoms with Gasteiger partial charge < -0.3 is 0 Å². The van der Waals surface area contributed by atoms with Crippen molar-refractivity contribution < 1.29 is 0 Å². The Balaban J connectivity index is 2.46. The van der Waals surface area contributed by atoms with Gasteiger partial charge in [0.2, 0.25) is 0 Å². The molecule has 0 saturated carbocycles. The molecule has 0 aliphatic heterocycles. The summed E-state index contributed by atoms with van der Waals surface area (Å²) in [6.07, 6.45) is 0.322. The maximum atomic E-state index is 8.65. The molecule has 0 unspecified atom stereocenters. The minimum absolute atomic E-state index is 0.322. The Morgan fingerprint density at radius 1 is 1.44 bits per heavy atom. The number of benzene rings is 1. The molecule has 0 N–H and O–H groups in total. The fourth-order valence-electron chi connectivity index (χ4n) is 1.44. The molecule has 0 saturated heterocycles. The summed E-state index contributed by atoms with van der Waals surface area (Å²) in [5.74, 6) is 0. The summed E-state index contributed by atoms with van der Waals surface area (Å²) in [6, 6.07) is 10.1. The van der Waals surface area contributed by atoms with Crippen LogP contribution in [0.2, 0.25) is 5.15 Å². The molecule has 4 heteroatoms. The zero-order chi connectivity index (χ0) is 11.5. The second-order valence-corrected chi connectivity index (χ2v) is 4.82. The molecule has 0 spiro atoms. The van der Waals surface area contributed by atoms with Gasteiger partial charge in [-0.25, -0.2) is 4.98 Å². The zero-order valence-corrected chi connectivity index (χ0v) is 10.3. The van der Waals surface area contributed by atoms with E-state index < -0.39 is 0 Å². The molecule has 1 heterocycles. The number of rotatable bonds is 2. The molecule has 2 nitrogen and oxygen atoms in total. The van der Waals surface area contributed by atoms with E-state index in [-0.39, 0.29) is 0 Å². The van der Waals surface area contributed by atoms with E-state index in [2.05, 4.69) is 11.1 Å². The van der Waals surface area contributed by atoms with Crippen molar-refractivity contribution in [2.24, 2.45) is 0 Å². The maximum absolute atomic E-state index is 8.65. The fourth-order valence-corrected chi connectivity index (χ4v) is 2.74. The first-order chi connectivity index (χ1) is 7.72. The molecule has 0 bridgehead atoms. The molecule has 0 atom stereocenters. The van der Waals surface area contributed by atoms with E-state index in [0.29, 0.717) is 11.6 Å². The quantitative estimate of drug-likeness (QED) is 0.810. The highest BCUT2D eigenvalue weighted by atomic mass is 35.5. The van der Waals surface area contributed by atoms with Crippen LogP contribution >= 0.6 is 22.9 Å². The summed E-state index contributed by atoms with van der Waals surface area (Å²) in [7, 11) is 0. The number of hydrogen-bond donors (Lipinski definition) is 0. The van der Waals surface area contributed by atoms with Crippen LogP contribution in [0.4, 0.5) is 0 Å². The average Bonchev–Trinajstić information content (AvgIpc) is 2.61. The molecule has 80 valence electrons. The van der Waals surface area contributed by atoms with Gasteiger partial charge >= 0.3 is 0 Å². The number of halogens is 1. The van der Waals surface area contributed by atoms with Crippen LogP contribution in [0.15, 0.2) is 24.3 Å². The molecular weight excluding hydrogens is 240 g/mol. The molecule has 0 aliphatic carbocycles. The molecule has 1 aromatic carbocycles. The summed E-state index contributed by atoms with van der Waals surface area (Å²) in [6.45, 7) is 2.04. The average molecular weight is 249 g/mol. The van der Waals surface area contributed by atoms with Crippen LogP contribution in [-0.2, 0) is 6.42 Å². The van der Waals surface area contributed by atoms with Crippen LogP contribution < -0.4 is 0 Å². The van der Waals surface area contributed by atoms with Gasteiger partial charge in [-0.05, 0) is 12.5 Å². The number of thiazole rings is 1. The van der Waals surface area contributed by atoms with E-state index in [0.717, 1.165) is 21.0 Å². The molecule has 0 amide bonds. The third-order valence-electron chi connectivity index (χ3n) is 2.26. The van der Waals surface area contributed by atoms with Gasteiger partial charge in [-0.15, -0.1) is 11.3 Å². The Morgan fingerprint density at radius 2 is 2.19 bits per heavy atom. The van der Waals surface area contributed by atoms with E-state index in [1.165, 1.54) is 11.3 Å². The van der Waals surface area contributed by atoms with Gasteiger partial charge in [0.25, 0.3) is 0 Å². The standard InChI is InChI=1S/C12H9ClN2S/c1-8-4-2-3-5-9(8)12-15-11(13)10(16-12)6-7-14/h2-5H,6H2,1H3. The van der Waals surface area contributed by atoms with Crippen molar-refractivity contribution in [2.75, 3.05) is 0 Å². The van der Waals surface area contributed by atoms with Gasteiger partial charge in [0, 0.05) is 5.56 Å². The minimum atomic E-state index is 0.322. The first-order valence-electron chi connectivity index (χ1n) is 4.80. The molecule has 1 aromatic heterocycles. The minimum Gasteiger partial charge on any atom is -0.224 e. The number of nitriles is 1. The molecule has 2 rings (SSSR count). The summed E-state index contributed by atoms with van der Waals surface area (Å²) in [5, 5.41) is 9.98. The number of aryl methyl sites for hydroxylation is 1. The Labute approximate surface area is 103 Å². The van der Waals surface area contributed by atoms with Crippen LogP contribution in [-0.4, -0.2) is 4.98 Å². The topological polar surface area (TPSA) is 36.7 Å². The first kappa shape index (κ1) is 11.1. The van der Waals surface area contributed by atoms with Crippen molar-refractivity contribution in [3.8, 4) is 16.6 Å². The van der Waals surface area contributed by atoms with Crippen LogP contribution in [0, 0.1) is 18.3 Å². The largest absolute Gasteiger partial charge is 0.224 e. The molecule has 0 radical (unpaired) electrons. The van der Waals surface area contributed by atoms with Gasteiger partial charge in [0.05, 0.1) is 17.4 Å². The van der Waals surface area contributed by atoms with Crippen LogP contribution in [0.1, 0.15) is 10.4 Å². The lowest BCUT2D eigenvalue weighted by molar-refractivity contribution is 1.28. The summed E-state index contributed by atoms with van der Waals surface area (Å²) in [4.78, 5) is 5.13. The Bertz CT molecular complexity index is 554. The third kappa shape index (κ3) is 2.08. The van der Waals surface area contributed by atoms with Crippen molar-refractivity contribution in [3.63, 3.8) is 0 Å². The van der Waals surface area contributed by atoms with Gasteiger partial charge in [-0.2, -0.15) is 5.26 Å². The Hall–Kier alpha value is -1.37. The van der Waals surface area contributed by atoms with E-state index in [4.69, 9.17) is 16.9 Å². The fraction of sp³-hybridized carbons (Fsp3) is 0.167. The van der Waals surface area contributed by atoms with Crippen LogP contribution in [0.25, 0.3) is 10.6 Å². The van der Waals surface area contributed by atoms with Crippen molar-refractivity contribution in [3.05, 3.63) is 39.9 Å². The third-order valence-corrected chi connectivity index (χ3v) is 3.78. The highest BCUT2D eigenvalue weighted by molar-refractivity contribution is 7.15. The van der Waals surface area contributed by atoms with Gasteiger partial charge in [0.15, 0.2) is 0 Å². The predicted molar refractivity (Wildman–Crippen MR) is 66.6 cm³/mol. The van der Waals surface area contributed by atoms with Gasteiger partial charge in [-0.1, -0.05) is 35.9 Å². The first-order valence-corrected chi connectivity index (χ1v) is 6.00. The van der Waals surface area contributed by atoms with Crippen LogP contribution in [0.3, 0.4) is 0 Å². The SMILES string of the molecule is Cc1ccccc1-c1nc(Cl)c(CC#N)s1. The molecule has 0 aliphatic rings. The highest BCUT2D eigenvalue weighted by Crippen LogP contribution is 2.32. The molecule has 16 heavy (non-hydrogen) atoms. The lowest BCUT2D eigenvalue weighted by Crippen LogP contribution is -1.80. The zero-order valence-electron chi connectivity index (χ0n) is 8.70. The Kier molecular flexibility index (Phi) is 3.23. The lowest BCUT2D eigenvalue weighted by Gasteiger charge is -1.99. The second kappa shape index (κ2) is 4.65. The number of aromatic nitrogens is 1. The summed E-state index contributed by atoms with van der Waals surface area (Å²) >= 11 is 7.46. The molecule has 2 aromatic rings. The number of hydrogen-bond acceptors (Lipinski definition) is 3. The smallest absolute Gasteiger partial charge is 0.144 e. The van der Waals surface area contributed by atoms with Crippen molar-refractivity contribution in [1.82, 2.24) is 4.98 Å². The van der Waals surface area contributed by atoms with Crippen molar-refractivity contribution >= 4 is 22.9 Å². The predicted octanol–water partition coefficient (Wildman–Crippen LogP) is 3.84. The van der Waals surface area contributed by atoms with E-state index in [9.17, 15) is 0 Å². The molecule has 0 fully saturated rings. The van der Waals surface area contributed by atoms with Gasteiger partial charge in [0.1, 0.15) is 10.2 Å². The monoisotopic (exact) mass is 248 g/mol. The van der Waals surface area contributed by atoms with E-state index >= 15 is 0 Å². The molecular formula is C12H9ClN2S. The maximum Gasteiger partial charge on any atom is 0.144 e. The Morgan fingerprint density at radius 3 is 2.88 bits per heavy atom.